The van der Waals surface area contributed by atoms with E-state index in [9.17, 15) is 19.5 Å². The first-order chi connectivity index (χ1) is 20.8. The van der Waals surface area contributed by atoms with Crippen LogP contribution < -0.4 is 4.90 Å². The highest BCUT2D eigenvalue weighted by Crippen LogP contribution is 2.59. The van der Waals surface area contributed by atoms with Crippen molar-refractivity contribution >= 4 is 23.4 Å². The lowest BCUT2D eigenvalue weighted by molar-refractivity contribution is -0.157. The molecule has 7 atom stereocenters. The fourth-order valence-electron chi connectivity index (χ4n) is 7.70. The molecule has 4 aliphatic rings. The number of para-hydroxylation sites is 1. The third kappa shape index (κ3) is 4.54. The van der Waals surface area contributed by atoms with Crippen LogP contribution in [0.3, 0.4) is 0 Å². The van der Waals surface area contributed by atoms with Crippen molar-refractivity contribution < 1.29 is 24.2 Å². The molecule has 43 heavy (non-hydrogen) atoms. The Balaban J connectivity index is 1.50. The van der Waals surface area contributed by atoms with Gasteiger partial charge in [-0.3, -0.25) is 14.4 Å². The van der Waals surface area contributed by atoms with Gasteiger partial charge >= 0.3 is 0 Å². The van der Waals surface area contributed by atoms with E-state index < -0.39 is 35.1 Å². The number of benzene rings is 2. The Morgan fingerprint density at radius 1 is 0.884 bits per heavy atom. The molecule has 0 bridgehead atoms. The quantitative estimate of drug-likeness (QED) is 0.476. The number of amides is 3. The zero-order valence-corrected chi connectivity index (χ0v) is 25.1. The first kappa shape index (κ1) is 29.3. The predicted octanol–water partition coefficient (Wildman–Crippen LogP) is 3.96. The molecule has 4 aliphatic heterocycles. The Morgan fingerprint density at radius 3 is 2.21 bits per heavy atom. The van der Waals surface area contributed by atoms with Crippen LogP contribution in [0.2, 0.25) is 0 Å². The summed E-state index contributed by atoms with van der Waals surface area (Å²) in [5, 5.41) is 10.7. The van der Waals surface area contributed by atoms with Gasteiger partial charge in [0.2, 0.25) is 17.7 Å². The fraction of sp³-hybridized carbons (Fsp3) is 0.457. The van der Waals surface area contributed by atoms with Gasteiger partial charge in [0.15, 0.2) is 0 Å². The van der Waals surface area contributed by atoms with E-state index >= 15 is 0 Å². The molecular formula is C35H41N3O5. The Bertz CT molecular complexity index is 1430. The van der Waals surface area contributed by atoms with E-state index in [0.717, 1.165) is 11.3 Å². The average molecular weight is 584 g/mol. The van der Waals surface area contributed by atoms with Gasteiger partial charge in [-0.2, -0.15) is 0 Å². The van der Waals surface area contributed by atoms with Crippen LogP contribution in [0.15, 0.2) is 85.0 Å². The molecule has 3 amide bonds. The summed E-state index contributed by atoms with van der Waals surface area (Å²) in [4.78, 5) is 49.2. The van der Waals surface area contributed by atoms with E-state index in [1.807, 2.05) is 106 Å². The van der Waals surface area contributed by atoms with Crippen molar-refractivity contribution in [2.75, 3.05) is 24.6 Å². The summed E-state index contributed by atoms with van der Waals surface area (Å²) in [5.74, 6) is -2.57. The highest BCUT2D eigenvalue weighted by atomic mass is 16.5. The zero-order valence-electron chi connectivity index (χ0n) is 25.1. The van der Waals surface area contributed by atoms with E-state index in [1.54, 1.807) is 14.7 Å². The first-order valence-corrected chi connectivity index (χ1v) is 15.5. The predicted molar refractivity (Wildman–Crippen MR) is 164 cm³/mol. The average Bonchev–Trinajstić information content (AvgIpc) is 3.33. The van der Waals surface area contributed by atoms with Gasteiger partial charge in [-0.05, 0) is 30.0 Å². The number of rotatable bonds is 8. The number of anilines is 1. The maximum Gasteiger partial charge on any atom is 0.249 e. The van der Waals surface area contributed by atoms with Crippen molar-refractivity contribution in [3.8, 4) is 0 Å². The van der Waals surface area contributed by atoms with Crippen LogP contribution in [0.25, 0.3) is 0 Å². The van der Waals surface area contributed by atoms with Gasteiger partial charge in [0.25, 0.3) is 0 Å². The van der Waals surface area contributed by atoms with Crippen molar-refractivity contribution in [2.24, 2.45) is 17.8 Å². The minimum atomic E-state index is -1.36. The maximum absolute atomic E-state index is 14.8. The number of carbonyl (C=O) groups is 3. The van der Waals surface area contributed by atoms with E-state index in [-0.39, 0.29) is 30.2 Å². The summed E-state index contributed by atoms with van der Waals surface area (Å²) in [7, 11) is 0. The second kappa shape index (κ2) is 11.4. The largest absolute Gasteiger partial charge is 0.394 e. The molecule has 0 radical (unpaired) electrons. The molecular weight excluding hydrogens is 542 g/mol. The van der Waals surface area contributed by atoms with E-state index in [4.69, 9.17) is 4.74 Å². The highest BCUT2D eigenvalue weighted by molar-refractivity contribution is 6.04. The minimum absolute atomic E-state index is 0.0751. The Morgan fingerprint density at radius 2 is 1.56 bits per heavy atom. The maximum atomic E-state index is 14.8. The Kier molecular flexibility index (Phi) is 7.77. The number of aliphatic hydroxyl groups excluding tert-OH is 1. The number of likely N-dealkylation sites (tertiary alicyclic amines) is 1. The monoisotopic (exact) mass is 583 g/mol. The number of carbonyl (C=O) groups excluding carboxylic acids is 3. The lowest BCUT2D eigenvalue weighted by atomic mass is 9.73. The molecule has 1 unspecified atom stereocenters. The molecule has 6 rings (SSSR count). The Hall–Kier alpha value is -3.75. The normalized spacial score (nSPS) is 31.4. The molecule has 2 saturated heterocycles. The third-order valence-corrected chi connectivity index (χ3v) is 10.1. The summed E-state index contributed by atoms with van der Waals surface area (Å²) >= 11 is 0. The fourth-order valence-corrected chi connectivity index (χ4v) is 7.70. The zero-order chi connectivity index (χ0) is 30.4. The van der Waals surface area contributed by atoms with Gasteiger partial charge in [0, 0.05) is 25.3 Å². The van der Waals surface area contributed by atoms with Gasteiger partial charge in [-0.1, -0.05) is 100 Å². The van der Waals surface area contributed by atoms with E-state index in [1.165, 1.54) is 0 Å². The van der Waals surface area contributed by atoms with Crippen molar-refractivity contribution in [3.05, 3.63) is 90.5 Å². The summed E-state index contributed by atoms with van der Waals surface area (Å²) in [5.41, 5.74) is -0.693. The van der Waals surface area contributed by atoms with Crippen LogP contribution in [0.1, 0.15) is 39.2 Å². The molecule has 0 saturated carbocycles. The van der Waals surface area contributed by atoms with E-state index in [2.05, 4.69) is 0 Å². The van der Waals surface area contributed by atoms with Crippen LogP contribution in [-0.2, 0) is 25.7 Å². The van der Waals surface area contributed by atoms with Gasteiger partial charge < -0.3 is 24.5 Å². The standard InChI is InChI=1S/C35H41N3O5/c1-4-24(3)27(23-39)38-30-33(42)36(22-25-14-8-6-9-15-25)20-13-19-35(30)29(32(38)41)28-31(40)37(26-16-10-7-11-17-26)21-12-18-34(28,5-2)43-35/h6-19,24,27-30,39H,4-5,20-23H2,1-3H3/t24-,27-,28-,29-,30?,34+,35-/m0/s1. The number of hydrogen-bond donors (Lipinski definition) is 1. The third-order valence-electron chi connectivity index (χ3n) is 10.1. The highest BCUT2D eigenvalue weighted by Gasteiger charge is 2.76. The molecule has 2 aromatic rings. The molecule has 2 aromatic carbocycles. The van der Waals surface area contributed by atoms with Gasteiger partial charge in [-0.15, -0.1) is 0 Å². The van der Waals surface area contributed by atoms with Crippen LogP contribution in [0.5, 0.6) is 0 Å². The summed E-state index contributed by atoms with van der Waals surface area (Å²) < 4.78 is 7.10. The van der Waals surface area contributed by atoms with Crippen LogP contribution in [0, 0.1) is 17.8 Å². The summed E-state index contributed by atoms with van der Waals surface area (Å²) in [6, 6.07) is 17.6. The van der Waals surface area contributed by atoms with Crippen LogP contribution in [0.4, 0.5) is 5.69 Å². The van der Waals surface area contributed by atoms with Gasteiger partial charge in [0.1, 0.15) is 11.6 Å². The van der Waals surface area contributed by atoms with Gasteiger partial charge in [-0.25, -0.2) is 0 Å². The smallest absolute Gasteiger partial charge is 0.249 e. The Labute approximate surface area is 253 Å². The summed E-state index contributed by atoms with van der Waals surface area (Å²) in [6.07, 6.45) is 8.87. The molecule has 1 N–H and O–H groups in total. The molecule has 2 fully saturated rings. The van der Waals surface area contributed by atoms with Crippen molar-refractivity contribution in [2.45, 2.75) is 63.4 Å². The number of nitrogens with zero attached hydrogens (tertiary/aromatic N) is 3. The molecule has 226 valence electrons. The van der Waals surface area contributed by atoms with Gasteiger partial charge in [0.05, 0.1) is 30.1 Å². The second-order valence-electron chi connectivity index (χ2n) is 12.3. The van der Waals surface area contributed by atoms with E-state index in [0.29, 0.717) is 32.5 Å². The van der Waals surface area contributed by atoms with Crippen LogP contribution in [-0.4, -0.2) is 75.6 Å². The number of aliphatic hydroxyl groups is 1. The molecule has 0 aromatic heterocycles. The minimum Gasteiger partial charge on any atom is -0.394 e. The second-order valence-corrected chi connectivity index (χ2v) is 12.3. The molecule has 0 aliphatic carbocycles. The summed E-state index contributed by atoms with van der Waals surface area (Å²) in [6.45, 7) is 6.76. The lowest BCUT2D eigenvalue weighted by Gasteiger charge is -2.42. The molecule has 1 spiro atoms. The van der Waals surface area contributed by atoms with Crippen molar-refractivity contribution in [1.82, 2.24) is 9.80 Å². The topological polar surface area (TPSA) is 90.4 Å². The lowest BCUT2D eigenvalue weighted by Crippen LogP contribution is -2.59. The van der Waals surface area contributed by atoms with Crippen LogP contribution >= 0.6 is 0 Å². The molecule has 8 heteroatoms. The number of fused-ring (bicyclic) bond motifs is 2. The number of ether oxygens (including phenoxy) is 1. The van der Waals surface area contributed by atoms with Crippen molar-refractivity contribution in [1.29, 1.82) is 0 Å². The number of hydrogen-bond acceptors (Lipinski definition) is 5. The molecule has 8 nitrogen and oxygen atoms in total. The first-order valence-electron chi connectivity index (χ1n) is 15.5. The molecule has 4 heterocycles. The SMILES string of the molecule is CC[C@H](C)[C@H](CO)N1C(=O)[C@@H]2[C@H]3C(=O)N(c4ccccc4)CC=C[C@@]3(CC)O[C@@]23C=CCN(Cc2ccccc2)C(=O)C13. The van der Waals surface area contributed by atoms with Crippen molar-refractivity contribution in [3.63, 3.8) is 0 Å².